The highest BCUT2D eigenvalue weighted by Gasteiger charge is 2.09. The third-order valence-corrected chi connectivity index (χ3v) is 4.61. The van der Waals surface area contributed by atoms with Gasteiger partial charge in [0.25, 0.3) is 0 Å². The molecule has 0 aliphatic rings. The van der Waals surface area contributed by atoms with E-state index in [1.54, 1.807) is 16.8 Å². The molecule has 0 atom stereocenters. The van der Waals surface area contributed by atoms with Gasteiger partial charge in [-0.05, 0) is 43.5 Å². The number of rotatable bonds is 7. The highest BCUT2D eigenvalue weighted by molar-refractivity contribution is 5.80. The number of aryl methyl sites for hydroxylation is 4. The maximum absolute atomic E-state index is 12.0. The molecular weight excluding hydrogens is 328 g/mol. The molecule has 136 valence electrons. The predicted molar refractivity (Wildman–Crippen MR) is 102 cm³/mol. The molecule has 0 bridgehead atoms. The fourth-order valence-electron chi connectivity index (χ4n) is 2.93. The number of hydrogen-bond donors (Lipinski definition) is 2. The number of H-pyrrole nitrogens is 1. The monoisotopic (exact) mass is 352 g/mol. The van der Waals surface area contributed by atoms with E-state index in [4.69, 9.17) is 0 Å². The zero-order valence-corrected chi connectivity index (χ0v) is 15.2. The molecule has 2 heterocycles. The number of pyridine rings is 1. The highest BCUT2D eigenvalue weighted by atomic mass is 16.1. The first-order chi connectivity index (χ1) is 12.5. The summed E-state index contributed by atoms with van der Waals surface area (Å²) in [5.74, 6) is 0.832. The van der Waals surface area contributed by atoms with Crippen molar-refractivity contribution in [3.05, 3.63) is 63.8 Å². The summed E-state index contributed by atoms with van der Waals surface area (Å²) in [6, 6.07) is 9.19. The molecule has 0 radical (unpaired) electrons. The molecule has 1 aromatic carbocycles. The summed E-state index contributed by atoms with van der Waals surface area (Å²) in [5.41, 5.74) is 4.36. The van der Waals surface area contributed by atoms with Crippen molar-refractivity contribution >= 4 is 16.9 Å². The Morgan fingerprint density at radius 3 is 2.88 bits per heavy atom. The summed E-state index contributed by atoms with van der Waals surface area (Å²) in [7, 11) is 0. The molecular formula is C20H24N4O2. The van der Waals surface area contributed by atoms with E-state index in [9.17, 15) is 9.59 Å². The molecule has 3 rings (SSSR count). The van der Waals surface area contributed by atoms with Gasteiger partial charge in [-0.2, -0.15) is 0 Å². The number of hydrogen-bond acceptors (Lipinski definition) is 3. The van der Waals surface area contributed by atoms with E-state index in [1.807, 2.05) is 12.1 Å². The Hall–Kier alpha value is -2.89. The average molecular weight is 352 g/mol. The molecule has 0 aliphatic heterocycles. The average Bonchev–Trinajstić information content (AvgIpc) is 3.05. The van der Waals surface area contributed by atoms with Crippen molar-refractivity contribution < 1.29 is 4.79 Å². The maximum atomic E-state index is 12.0. The fourth-order valence-corrected chi connectivity index (χ4v) is 2.93. The zero-order chi connectivity index (χ0) is 18.5. The lowest BCUT2D eigenvalue weighted by molar-refractivity contribution is -0.121. The van der Waals surface area contributed by atoms with Gasteiger partial charge in [-0.15, -0.1) is 0 Å². The number of imidazole rings is 1. The van der Waals surface area contributed by atoms with E-state index < -0.39 is 0 Å². The first-order valence-electron chi connectivity index (χ1n) is 8.91. The highest BCUT2D eigenvalue weighted by Crippen LogP contribution is 2.19. The second-order valence-corrected chi connectivity index (χ2v) is 6.52. The summed E-state index contributed by atoms with van der Waals surface area (Å²) in [6.45, 7) is 5.29. The largest absolute Gasteiger partial charge is 0.356 e. The van der Waals surface area contributed by atoms with Gasteiger partial charge < -0.3 is 14.9 Å². The van der Waals surface area contributed by atoms with Crippen molar-refractivity contribution in [3.8, 4) is 0 Å². The summed E-state index contributed by atoms with van der Waals surface area (Å²) in [6.07, 6.45) is 3.45. The van der Waals surface area contributed by atoms with Crippen molar-refractivity contribution in [2.24, 2.45) is 0 Å². The maximum Gasteiger partial charge on any atom is 0.250 e. The predicted octanol–water partition coefficient (Wildman–Crippen LogP) is 2.48. The SMILES string of the molecule is Cc1ccc2[nH]c(CCC(=O)NCCCn3ccccc3=O)nc2c1C. The van der Waals surface area contributed by atoms with Gasteiger partial charge in [0.1, 0.15) is 5.82 Å². The Kier molecular flexibility index (Phi) is 5.51. The summed E-state index contributed by atoms with van der Waals surface area (Å²) in [5, 5.41) is 2.90. The van der Waals surface area contributed by atoms with Crippen LogP contribution in [-0.2, 0) is 17.8 Å². The van der Waals surface area contributed by atoms with Crippen molar-refractivity contribution in [3.63, 3.8) is 0 Å². The minimum atomic E-state index is -0.0192. The fraction of sp³-hybridized carbons (Fsp3) is 0.350. The van der Waals surface area contributed by atoms with Gasteiger partial charge in [0.15, 0.2) is 0 Å². The van der Waals surface area contributed by atoms with Crippen LogP contribution in [0.1, 0.15) is 29.8 Å². The quantitative estimate of drug-likeness (QED) is 0.641. The molecule has 2 N–H and O–H groups in total. The van der Waals surface area contributed by atoms with Gasteiger partial charge in [-0.3, -0.25) is 9.59 Å². The number of aromatic amines is 1. The second-order valence-electron chi connectivity index (χ2n) is 6.52. The smallest absolute Gasteiger partial charge is 0.250 e. The van der Waals surface area contributed by atoms with Crippen LogP contribution < -0.4 is 10.9 Å². The Bertz CT molecular complexity index is 971. The molecule has 6 heteroatoms. The Morgan fingerprint density at radius 1 is 1.23 bits per heavy atom. The van der Waals surface area contributed by atoms with Crippen molar-refractivity contribution in [1.82, 2.24) is 19.9 Å². The number of nitrogens with zero attached hydrogens (tertiary/aromatic N) is 2. The Morgan fingerprint density at radius 2 is 2.08 bits per heavy atom. The number of amides is 1. The minimum Gasteiger partial charge on any atom is -0.356 e. The van der Waals surface area contributed by atoms with Crippen LogP contribution in [0.25, 0.3) is 11.0 Å². The van der Waals surface area contributed by atoms with Crippen LogP contribution in [-0.4, -0.2) is 27.0 Å². The molecule has 0 fully saturated rings. The number of benzene rings is 1. The van der Waals surface area contributed by atoms with Crippen LogP contribution >= 0.6 is 0 Å². The lowest BCUT2D eigenvalue weighted by Crippen LogP contribution is -2.27. The molecule has 26 heavy (non-hydrogen) atoms. The van der Waals surface area contributed by atoms with Crippen LogP contribution in [0.3, 0.4) is 0 Å². The Balaban J connectivity index is 1.45. The second kappa shape index (κ2) is 7.99. The zero-order valence-electron chi connectivity index (χ0n) is 15.2. The summed E-state index contributed by atoms with van der Waals surface area (Å²) in [4.78, 5) is 31.5. The number of carbonyl (C=O) groups excluding carboxylic acids is 1. The van der Waals surface area contributed by atoms with Crippen molar-refractivity contribution in [2.45, 2.75) is 39.7 Å². The van der Waals surface area contributed by atoms with Gasteiger partial charge in [-0.1, -0.05) is 12.1 Å². The lowest BCUT2D eigenvalue weighted by Gasteiger charge is -2.06. The molecule has 2 aromatic heterocycles. The standard InChI is InChI=1S/C20H24N4O2/c1-14-7-8-16-20(15(14)2)23-17(22-16)9-10-18(25)21-11-5-13-24-12-4-3-6-19(24)26/h3-4,6-8,12H,5,9-11,13H2,1-2H3,(H,21,25)(H,22,23). The minimum absolute atomic E-state index is 0.00114. The number of fused-ring (bicyclic) bond motifs is 1. The molecule has 0 aliphatic carbocycles. The van der Waals surface area contributed by atoms with Gasteiger partial charge in [-0.25, -0.2) is 4.98 Å². The molecule has 0 spiro atoms. The number of nitrogens with one attached hydrogen (secondary N) is 2. The molecule has 3 aromatic rings. The van der Waals surface area contributed by atoms with Gasteiger partial charge >= 0.3 is 0 Å². The lowest BCUT2D eigenvalue weighted by atomic mass is 10.1. The molecule has 0 saturated heterocycles. The third-order valence-electron chi connectivity index (χ3n) is 4.61. The van der Waals surface area contributed by atoms with E-state index in [2.05, 4.69) is 35.2 Å². The van der Waals surface area contributed by atoms with Gasteiger partial charge in [0.05, 0.1) is 11.0 Å². The van der Waals surface area contributed by atoms with Crippen LogP contribution in [0.15, 0.2) is 41.3 Å². The number of aromatic nitrogens is 3. The van der Waals surface area contributed by atoms with E-state index in [1.165, 1.54) is 17.2 Å². The summed E-state index contributed by atoms with van der Waals surface area (Å²) >= 11 is 0. The van der Waals surface area contributed by atoms with Crippen LogP contribution in [0.4, 0.5) is 0 Å². The molecule has 6 nitrogen and oxygen atoms in total. The van der Waals surface area contributed by atoms with Crippen LogP contribution in [0, 0.1) is 13.8 Å². The molecule has 1 amide bonds. The van der Waals surface area contributed by atoms with E-state index in [-0.39, 0.29) is 11.5 Å². The van der Waals surface area contributed by atoms with E-state index in [0.29, 0.717) is 25.9 Å². The van der Waals surface area contributed by atoms with E-state index >= 15 is 0 Å². The topological polar surface area (TPSA) is 79.8 Å². The van der Waals surface area contributed by atoms with E-state index in [0.717, 1.165) is 23.3 Å². The normalized spacial score (nSPS) is 11.0. The molecule has 0 unspecified atom stereocenters. The first kappa shape index (κ1) is 17.9. The van der Waals surface area contributed by atoms with Crippen LogP contribution in [0.5, 0.6) is 0 Å². The van der Waals surface area contributed by atoms with Crippen molar-refractivity contribution in [2.75, 3.05) is 6.54 Å². The number of carbonyl (C=O) groups is 1. The van der Waals surface area contributed by atoms with Gasteiger partial charge in [0.2, 0.25) is 11.5 Å². The van der Waals surface area contributed by atoms with Gasteiger partial charge in [0, 0.05) is 38.2 Å². The molecule has 0 saturated carbocycles. The third kappa shape index (κ3) is 4.20. The van der Waals surface area contributed by atoms with Crippen molar-refractivity contribution in [1.29, 1.82) is 0 Å². The first-order valence-corrected chi connectivity index (χ1v) is 8.91. The van der Waals surface area contributed by atoms with Crippen LogP contribution in [0.2, 0.25) is 0 Å². The summed E-state index contributed by atoms with van der Waals surface area (Å²) < 4.78 is 1.64. The Labute approximate surface area is 152 Å².